The van der Waals surface area contributed by atoms with Gasteiger partial charge in [-0.25, -0.2) is 0 Å². The number of carbonyl (C=O) groups excluding carboxylic acids is 1. The van der Waals surface area contributed by atoms with Gasteiger partial charge < -0.3 is 9.84 Å². The molecular weight excluding hydrogens is 240 g/mol. The number of Topliss-reactive ketones (excluding diaryl/α,β-unsaturated/α-hetero) is 1. The number of carbonyl (C=O) groups is 1. The predicted molar refractivity (Wildman–Crippen MR) is 74.3 cm³/mol. The second-order valence-corrected chi connectivity index (χ2v) is 5.45. The Hall–Kier alpha value is -1.35. The van der Waals surface area contributed by atoms with Crippen LogP contribution in [0.5, 0.6) is 5.75 Å². The summed E-state index contributed by atoms with van der Waals surface area (Å²) in [7, 11) is 0. The fraction of sp³-hybridized carbons (Fsp3) is 0.562. The van der Waals surface area contributed by atoms with Crippen LogP contribution in [0.4, 0.5) is 0 Å². The van der Waals surface area contributed by atoms with Gasteiger partial charge in [-0.3, -0.25) is 4.79 Å². The molecule has 0 heterocycles. The minimum Gasteiger partial charge on any atom is -0.494 e. The highest BCUT2D eigenvalue weighted by molar-refractivity contribution is 5.79. The molecule has 0 atom stereocenters. The first-order valence-electron chi connectivity index (χ1n) is 7.02. The molecule has 1 aromatic rings. The minimum atomic E-state index is -0.110. The Kier molecular flexibility index (Phi) is 4.59. The van der Waals surface area contributed by atoms with Gasteiger partial charge in [-0.15, -0.1) is 0 Å². The third-order valence-corrected chi connectivity index (χ3v) is 4.02. The van der Waals surface area contributed by atoms with Crippen molar-refractivity contribution in [3.05, 3.63) is 29.8 Å². The fourth-order valence-electron chi connectivity index (χ4n) is 2.75. The summed E-state index contributed by atoms with van der Waals surface area (Å²) in [5.74, 6) is 1.21. The molecule has 19 heavy (non-hydrogen) atoms. The molecule has 2 rings (SSSR count). The number of aliphatic hydroxyl groups excluding tert-OH is 1. The Bertz CT molecular complexity index is 412. The number of hydrogen-bond donors (Lipinski definition) is 1. The molecule has 0 unspecified atom stereocenters. The van der Waals surface area contributed by atoms with Gasteiger partial charge in [0.1, 0.15) is 11.5 Å². The summed E-state index contributed by atoms with van der Waals surface area (Å²) in [4.78, 5) is 11.3. The molecule has 3 heteroatoms. The molecule has 0 aromatic heterocycles. The molecular formula is C16H22O3. The van der Waals surface area contributed by atoms with Crippen molar-refractivity contribution in [1.29, 1.82) is 0 Å². The number of hydrogen-bond acceptors (Lipinski definition) is 3. The zero-order chi connectivity index (χ0) is 13.7. The highest BCUT2D eigenvalue weighted by atomic mass is 16.5. The van der Waals surface area contributed by atoms with Crippen molar-refractivity contribution >= 4 is 5.78 Å². The largest absolute Gasteiger partial charge is 0.494 e. The summed E-state index contributed by atoms with van der Waals surface area (Å²) in [6, 6.07) is 8.05. The van der Waals surface area contributed by atoms with Gasteiger partial charge in [0.2, 0.25) is 0 Å². The maximum Gasteiger partial charge on any atom is 0.132 e. The molecule has 1 aromatic carbocycles. The monoisotopic (exact) mass is 262 g/mol. The van der Waals surface area contributed by atoms with E-state index in [1.807, 2.05) is 19.1 Å². The van der Waals surface area contributed by atoms with Gasteiger partial charge in [-0.1, -0.05) is 12.1 Å². The molecule has 1 aliphatic rings. The van der Waals surface area contributed by atoms with Gasteiger partial charge in [0.25, 0.3) is 0 Å². The zero-order valence-corrected chi connectivity index (χ0v) is 11.5. The van der Waals surface area contributed by atoms with Crippen LogP contribution in [0.25, 0.3) is 0 Å². The van der Waals surface area contributed by atoms with E-state index in [9.17, 15) is 9.90 Å². The lowest BCUT2D eigenvalue weighted by Gasteiger charge is -2.35. The highest BCUT2D eigenvalue weighted by Crippen LogP contribution is 2.37. The molecule has 1 fully saturated rings. The maximum atomic E-state index is 11.3. The maximum absolute atomic E-state index is 11.3. The quantitative estimate of drug-likeness (QED) is 0.887. The summed E-state index contributed by atoms with van der Waals surface area (Å²) in [6.07, 6.45) is 3.66. The minimum absolute atomic E-state index is 0.110. The van der Waals surface area contributed by atoms with E-state index in [1.165, 1.54) is 5.56 Å². The summed E-state index contributed by atoms with van der Waals surface area (Å²) < 4.78 is 5.42. The van der Waals surface area contributed by atoms with Crippen LogP contribution in [0.2, 0.25) is 0 Å². The van der Waals surface area contributed by atoms with Gasteiger partial charge in [0.05, 0.1) is 6.61 Å². The SMILES string of the molecule is CCOc1ccc(CC2(CO)CCC(=O)CC2)cc1. The average Bonchev–Trinajstić information content (AvgIpc) is 2.44. The predicted octanol–water partition coefficient (Wildman–Crippen LogP) is 2.75. The Morgan fingerprint density at radius 1 is 1.21 bits per heavy atom. The van der Waals surface area contributed by atoms with Gasteiger partial charge in [-0.05, 0) is 49.3 Å². The molecule has 0 saturated heterocycles. The first kappa shape index (κ1) is 14.1. The van der Waals surface area contributed by atoms with Gasteiger partial charge in [0, 0.05) is 19.4 Å². The lowest BCUT2D eigenvalue weighted by Crippen LogP contribution is -2.33. The molecule has 1 aliphatic carbocycles. The van der Waals surface area contributed by atoms with Crippen LogP contribution in [0, 0.1) is 5.41 Å². The van der Waals surface area contributed by atoms with Crippen LogP contribution in [0.3, 0.4) is 0 Å². The van der Waals surface area contributed by atoms with Crippen molar-refractivity contribution in [3.8, 4) is 5.75 Å². The summed E-state index contributed by atoms with van der Waals surface area (Å²) in [6.45, 7) is 2.79. The average molecular weight is 262 g/mol. The Labute approximate surface area is 114 Å². The highest BCUT2D eigenvalue weighted by Gasteiger charge is 2.34. The molecule has 0 spiro atoms. The van der Waals surface area contributed by atoms with Crippen LogP contribution in [-0.2, 0) is 11.2 Å². The van der Waals surface area contributed by atoms with Crippen LogP contribution < -0.4 is 4.74 Å². The number of ketones is 1. The summed E-state index contributed by atoms with van der Waals surface area (Å²) in [5, 5.41) is 9.69. The summed E-state index contributed by atoms with van der Waals surface area (Å²) >= 11 is 0. The van der Waals surface area contributed by atoms with Gasteiger partial charge in [-0.2, -0.15) is 0 Å². The molecule has 1 N–H and O–H groups in total. The number of ether oxygens (including phenoxy) is 1. The normalized spacial score (nSPS) is 18.3. The van der Waals surface area contributed by atoms with E-state index in [0.29, 0.717) is 25.2 Å². The van der Waals surface area contributed by atoms with E-state index >= 15 is 0 Å². The Balaban J connectivity index is 2.03. The third kappa shape index (κ3) is 3.57. The van der Waals surface area contributed by atoms with Crippen molar-refractivity contribution in [2.45, 2.75) is 39.0 Å². The van der Waals surface area contributed by atoms with Crippen molar-refractivity contribution < 1.29 is 14.6 Å². The molecule has 104 valence electrons. The molecule has 0 amide bonds. The van der Waals surface area contributed by atoms with E-state index in [2.05, 4.69) is 12.1 Å². The zero-order valence-electron chi connectivity index (χ0n) is 11.5. The molecule has 0 aliphatic heterocycles. The van der Waals surface area contributed by atoms with Crippen LogP contribution >= 0.6 is 0 Å². The van der Waals surface area contributed by atoms with Crippen molar-refractivity contribution in [3.63, 3.8) is 0 Å². The van der Waals surface area contributed by atoms with E-state index in [0.717, 1.165) is 25.0 Å². The standard InChI is InChI=1S/C16H22O3/c1-2-19-15-5-3-13(4-6-15)11-16(12-17)9-7-14(18)8-10-16/h3-6,17H,2,7-12H2,1H3. The Morgan fingerprint density at radius 3 is 2.37 bits per heavy atom. The van der Waals surface area contributed by atoms with Crippen molar-refractivity contribution in [1.82, 2.24) is 0 Å². The third-order valence-electron chi connectivity index (χ3n) is 4.02. The Morgan fingerprint density at radius 2 is 1.84 bits per heavy atom. The van der Waals surface area contributed by atoms with E-state index in [-0.39, 0.29) is 12.0 Å². The van der Waals surface area contributed by atoms with Crippen molar-refractivity contribution in [2.24, 2.45) is 5.41 Å². The molecule has 0 radical (unpaired) electrons. The lowest BCUT2D eigenvalue weighted by atomic mass is 9.70. The molecule has 3 nitrogen and oxygen atoms in total. The second-order valence-electron chi connectivity index (χ2n) is 5.45. The first-order valence-corrected chi connectivity index (χ1v) is 7.02. The molecule has 0 bridgehead atoms. The van der Waals surface area contributed by atoms with E-state index in [1.54, 1.807) is 0 Å². The van der Waals surface area contributed by atoms with Gasteiger partial charge >= 0.3 is 0 Å². The fourth-order valence-corrected chi connectivity index (χ4v) is 2.75. The number of rotatable bonds is 5. The van der Waals surface area contributed by atoms with Gasteiger partial charge in [0.15, 0.2) is 0 Å². The second kappa shape index (κ2) is 6.20. The molecule has 1 saturated carbocycles. The van der Waals surface area contributed by atoms with E-state index < -0.39 is 0 Å². The first-order chi connectivity index (χ1) is 9.17. The smallest absolute Gasteiger partial charge is 0.132 e. The lowest BCUT2D eigenvalue weighted by molar-refractivity contribution is -0.123. The van der Waals surface area contributed by atoms with Crippen LogP contribution in [0.15, 0.2) is 24.3 Å². The topological polar surface area (TPSA) is 46.5 Å². The number of aliphatic hydroxyl groups is 1. The number of benzene rings is 1. The van der Waals surface area contributed by atoms with E-state index in [4.69, 9.17) is 4.74 Å². The van der Waals surface area contributed by atoms with Crippen molar-refractivity contribution in [2.75, 3.05) is 13.2 Å². The van der Waals surface area contributed by atoms with Crippen LogP contribution in [-0.4, -0.2) is 24.1 Å². The summed E-state index contributed by atoms with van der Waals surface area (Å²) in [5.41, 5.74) is 1.09. The van der Waals surface area contributed by atoms with Crippen LogP contribution in [0.1, 0.15) is 38.2 Å².